The number of nitrogens with one attached hydrogen (secondary N) is 1. The first-order chi connectivity index (χ1) is 9.94. The summed E-state index contributed by atoms with van der Waals surface area (Å²) in [5.41, 5.74) is 7.19. The van der Waals surface area contributed by atoms with Crippen LogP contribution in [-0.2, 0) is 30.2 Å². The third-order valence-corrected chi connectivity index (χ3v) is 4.66. The Morgan fingerprint density at radius 3 is 2.71 bits per heavy atom. The fourth-order valence-electron chi connectivity index (χ4n) is 1.83. The molecule has 0 saturated carbocycles. The molecule has 2 heterocycles. The third kappa shape index (κ3) is 3.69. The molecule has 2 aromatic heterocycles. The van der Waals surface area contributed by atoms with E-state index in [0.717, 1.165) is 17.7 Å². The largest absolute Gasteiger partial charge is 0.330 e. The molecule has 0 bridgehead atoms. The van der Waals surface area contributed by atoms with Crippen molar-refractivity contribution in [2.24, 2.45) is 12.8 Å². The summed E-state index contributed by atoms with van der Waals surface area (Å²) in [7, 11) is -1.76. The smallest absolute Gasteiger partial charge is 0.243 e. The average Bonchev–Trinajstić information content (AvgIpc) is 3.04. The Morgan fingerprint density at radius 1 is 1.33 bits per heavy atom. The van der Waals surface area contributed by atoms with Crippen LogP contribution in [0.2, 0.25) is 0 Å². The zero-order chi connectivity index (χ0) is 15.5. The number of rotatable bonds is 7. The van der Waals surface area contributed by atoms with Gasteiger partial charge in [-0.15, -0.1) is 0 Å². The highest BCUT2D eigenvalue weighted by atomic mass is 32.2. The van der Waals surface area contributed by atoms with Crippen molar-refractivity contribution in [2.75, 3.05) is 6.54 Å². The van der Waals surface area contributed by atoms with Gasteiger partial charge in [-0.25, -0.2) is 13.1 Å². The van der Waals surface area contributed by atoms with Gasteiger partial charge in [0.15, 0.2) is 0 Å². The second kappa shape index (κ2) is 6.37. The Bertz CT molecular complexity index is 703. The quantitative estimate of drug-likeness (QED) is 0.733. The molecule has 0 spiro atoms. The minimum atomic E-state index is -3.57. The van der Waals surface area contributed by atoms with Gasteiger partial charge in [0.2, 0.25) is 10.0 Å². The first-order valence-corrected chi connectivity index (χ1v) is 8.12. The molecule has 0 aromatic carbocycles. The van der Waals surface area contributed by atoms with E-state index >= 15 is 0 Å². The van der Waals surface area contributed by atoms with Crippen molar-refractivity contribution in [3.63, 3.8) is 0 Å². The van der Waals surface area contributed by atoms with Gasteiger partial charge in [-0.1, -0.05) is 0 Å². The normalized spacial score (nSPS) is 12.0. The predicted molar refractivity (Wildman–Crippen MR) is 77.9 cm³/mol. The molecule has 9 heteroatoms. The molecule has 2 rings (SSSR count). The molecule has 0 aliphatic carbocycles. The number of hydrogen-bond donors (Lipinski definition) is 2. The second-order valence-corrected chi connectivity index (χ2v) is 6.55. The van der Waals surface area contributed by atoms with E-state index in [1.807, 2.05) is 14.0 Å². The number of hydrogen-bond acceptors (Lipinski definition) is 5. The molecule has 0 atom stereocenters. The summed E-state index contributed by atoms with van der Waals surface area (Å²) in [6.07, 6.45) is 5.26. The Labute approximate surface area is 124 Å². The highest BCUT2D eigenvalue weighted by Crippen LogP contribution is 2.10. The van der Waals surface area contributed by atoms with E-state index in [4.69, 9.17) is 5.73 Å². The van der Waals surface area contributed by atoms with Gasteiger partial charge >= 0.3 is 0 Å². The van der Waals surface area contributed by atoms with E-state index in [0.29, 0.717) is 13.1 Å². The second-order valence-electron chi connectivity index (χ2n) is 4.78. The number of nitrogens with two attached hydrogens (primary N) is 1. The summed E-state index contributed by atoms with van der Waals surface area (Å²) in [5.74, 6) is 0. The van der Waals surface area contributed by atoms with Crippen LogP contribution in [0.5, 0.6) is 0 Å². The molecule has 3 N–H and O–H groups in total. The highest BCUT2D eigenvalue weighted by Gasteiger charge is 2.17. The Kier molecular flexibility index (Phi) is 4.76. The monoisotopic (exact) mass is 312 g/mol. The Balaban J connectivity index is 2.04. The first-order valence-electron chi connectivity index (χ1n) is 6.63. The molecule has 0 amide bonds. The molecule has 0 aliphatic rings. The predicted octanol–water partition coefficient (Wildman–Crippen LogP) is -0.248. The molecule has 0 unspecified atom stereocenters. The molecule has 0 saturated heterocycles. The molecule has 0 radical (unpaired) electrons. The molecule has 0 fully saturated rings. The molecule has 8 nitrogen and oxygen atoms in total. The number of nitrogens with zero attached hydrogens (tertiary/aromatic N) is 4. The summed E-state index contributed by atoms with van der Waals surface area (Å²) in [5, 5.41) is 8.10. The molecule has 0 aliphatic heterocycles. The molecule has 116 valence electrons. The van der Waals surface area contributed by atoms with Crippen LogP contribution >= 0.6 is 0 Å². The maximum absolute atomic E-state index is 12.2. The fourth-order valence-corrected chi connectivity index (χ4v) is 2.79. The van der Waals surface area contributed by atoms with Crippen LogP contribution in [0.4, 0.5) is 0 Å². The van der Waals surface area contributed by atoms with Gasteiger partial charge < -0.3 is 5.73 Å². The summed E-state index contributed by atoms with van der Waals surface area (Å²) < 4.78 is 30.2. The van der Waals surface area contributed by atoms with Gasteiger partial charge in [-0.3, -0.25) is 9.36 Å². The SMILES string of the molecule is Cc1c(CNS(=O)(=O)c2cnn(CCCN)c2)cnn1C. The Hall–Kier alpha value is -1.71. The summed E-state index contributed by atoms with van der Waals surface area (Å²) in [6, 6.07) is 0. The number of aryl methyl sites for hydroxylation is 2. The van der Waals surface area contributed by atoms with Crippen molar-refractivity contribution >= 4 is 10.0 Å². The van der Waals surface area contributed by atoms with Crippen molar-refractivity contribution in [3.8, 4) is 0 Å². The van der Waals surface area contributed by atoms with E-state index in [9.17, 15) is 8.42 Å². The summed E-state index contributed by atoms with van der Waals surface area (Å²) in [6.45, 7) is 3.24. The van der Waals surface area contributed by atoms with E-state index in [1.165, 1.54) is 12.4 Å². The Morgan fingerprint density at radius 2 is 2.10 bits per heavy atom. The van der Waals surface area contributed by atoms with Gasteiger partial charge in [-0.2, -0.15) is 10.2 Å². The zero-order valence-corrected chi connectivity index (χ0v) is 13.0. The zero-order valence-electron chi connectivity index (χ0n) is 12.2. The van der Waals surface area contributed by atoms with Crippen LogP contribution in [0.25, 0.3) is 0 Å². The highest BCUT2D eigenvalue weighted by molar-refractivity contribution is 7.89. The van der Waals surface area contributed by atoms with Crippen molar-refractivity contribution < 1.29 is 8.42 Å². The van der Waals surface area contributed by atoms with Gasteiger partial charge in [-0.05, 0) is 19.9 Å². The third-order valence-electron chi connectivity index (χ3n) is 3.30. The number of aromatic nitrogens is 4. The van der Waals surface area contributed by atoms with Gasteiger partial charge in [0.25, 0.3) is 0 Å². The maximum Gasteiger partial charge on any atom is 0.243 e. The lowest BCUT2D eigenvalue weighted by Gasteiger charge is -2.04. The standard InChI is InChI=1S/C12H20N6O2S/c1-10-11(6-14-17(10)2)7-16-21(19,20)12-8-15-18(9-12)5-3-4-13/h6,8-9,16H,3-5,7,13H2,1-2H3. The molecular formula is C12H20N6O2S. The van der Waals surface area contributed by atoms with Crippen molar-refractivity contribution in [1.29, 1.82) is 0 Å². The lowest BCUT2D eigenvalue weighted by molar-refractivity contribution is 0.576. The fraction of sp³-hybridized carbons (Fsp3) is 0.500. The van der Waals surface area contributed by atoms with Crippen LogP contribution in [0, 0.1) is 6.92 Å². The van der Waals surface area contributed by atoms with Crippen LogP contribution < -0.4 is 10.5 Å². The van der Waals surface area contributed by atoms with Gasteiger partial charge in [0.05, 0.1) is 12.4 Å². The average molecular weight is 312 g/mol. The minimum Gasteiger partial charge on any atom is -0.330 e. The lowest BCUT2D eigenvalue weighted by atomic mass is 10.3. The molecule has 21 heavy (non-hydrogen) atoms. The van der Waals surface area contributed by atoms with Gasteiger partial charge in [0.1, 0.15) is 4.90 Å². The minimum absolute atomic E-state index is 0.154. The van der Waals surface area contributed by atoms with Crippen molar-refractivity contribution in [3.05, 3.63) is 29.8 Å². The van der Waals surface area contributed by atoms with Crippen molar-refractivity contribution in [1.82, 2.24) is 24.3 Å². The number of sulfonamides is 1. The van der Waals surface area contributed by atoms with Crippen LogP contribution in [0.1, 0.15) is 17.7 Å². The van der Waals surface area contributed by atoms with E-state index in [1.54, 1.807) is 15.6 Å². The maximum atomic E-state index is 12.2. The topological polar surface area (TPSA) is 108 Å². The van der Waals surface area contributed by atoms with Crippen LogP contribution in [0.15, 0.2) is 23.5 Å². The molecular weight excluding hydrogens is 292 g/mol. The van der Waals surface area contributed by atoms with Crippen LogP contribution in [0.3, 0.4) is 0 Å². The lowest BCUT2D eigenvalue weighted by Crippen LogP contribution is -2.23. The van der Waals surface area contributed by atoms with Crippen molar-refractivity contribution in [2.45, 2.75) is 31.3 Å². The first kappa shape index (κ1) is 15.7. The van der Waals surface area contributed by atoms with E-state index in [-0.39, 0.29) is 11.4 Å². The van der Waals surface area contributed by atoms with Gasteiger partial charge in [0, 0.05) is 37.6 Å². The summed E-state index contributed by atoms with van der Waals surface area (Å²) in [4.78, 5) is 0.154. The van der Waals surface area contributed by atoms with E-state index in [2.05, 4.69) is 14.9 Å². The van der Waals surface area contributed by atoms with Crippen LogP contribution in [-0.4, -0.2) is 34.5 Å². The molecule has 2 aromatic rings. The summed E-state index contributed by atoms with van der Waals surface area (Å²) >= 11 is 0. The van der Waals surface area contributed by atoms with E-state index < -0.39 is 10.0 Å².